The zero-order valence-corrected chi connectivity index (χ0v) is 10.3. The minimum Gasteiger partial charge on any atom is -0.398 e. The van der Waals surface area contributed by atoms with Crippen LogP contribution in [0.1, 0.15) is 23.7 Å². The first-order chi connectivity index (χ1) is 8.09. The summed E-state index contributed by atoms with van der Waals surface area (Å²) in [4.78, 5) is 13.6. The quantitative estimate of drug-likeness (QED) is 0.639. The predicted molar refractivity (Wildman–Crippen MR) is 68.5 cm³/mol. The molecule has 0 bridgehead atoms. The highest BCUT2D eigenvalue weighted by molar-refractivity contribution is 6.00. The number of ketones is 1. The van der Waals surface area contributed by atoms with Crippen LogP contribution in [0.25, 0.3) is 0 Å². The van der Waals surface area contributed by atoms with Crippen LogP contribution in [0.15, 0.2) is 18.2 Å². The minimum atomic E-state index is 0.000391. The largest absolute Gasteiger partial charge is 0.398 e. The third kappa shape index (κ3) is 2.42. The van der Waals surface area contributed by atoms with Gasteiger partial charge in [-0.25, -0.2) is 0 Å². The number of hydrogen-bond donors (Lipinski definition) is 1. The summed E-state index contributed by atoms with van der Waals surface area (Å²) in [5.74, 6) is 0.000391. The van der Waals surface area contributed by atoms with E-state index in [2.05, 4.69) is 4.90 Å². The summed E-state index contributed by atoms with van der Waals surface area (Å²) >= 11 is 0. The van der Waals surface area contributed by atoms with Gasteiger partial charge in [-0.1, -0.05) is 0 Å². The molecule has 1 aromatic carbocycles. The Morgan fingerprint density at radius 2 is 2.29 bits per heavy atom. The van der Waals surface area contributed by atoms with Gasteiger partial charge in [0, 0.05) is 30.6 Å². The van der Waals surface area contributed by atoms with Gasteiger partial charge < -0.3 is 15.4 Å². The van der Waals surface area contributed by atoms with E-state index in [9.17, 15) is 4.79 Å². The second-order valence-corrected chi connectivity index (χ2v) is 4.46. The molecular formula is C13H18N2O2. The predicted octanol–water partition coefficient (Wildman–Crippen LogP) is 1.70. The molecule has 2 N–H and O–H groups in total. The van der Waals surface area contributed by atoms with Crippen molar-refractivity contribution in [1.29, 1.82) is 0 Å². The molecule has 92 valence electrons. The van der Waals surface area contributed by atoms with Crippen LogP contribution in [-0.2, 0) is 4.74 Å². The van der Waals surface area contributed by atoms with E-state index < -0.39 is 0 Å². The Morgan fingerprint density at radius 3 is 2.88 bits per heavy atom. The SMILES string of the molecule is CC(=O)c1cc(N(C)C2CCOC2)ccc1N. The van der Waals surface area contributed by atoms with Crippen LogP contribution in [0.5, 0.6) is 0 Å². The third-order valence-corrected chi connectivity index (χ3v) is 3.28. The molecule has 0 saturated carbocycles. The van der Waals surface area contributed by atoms with Crippen LogP contribution in [0, 0.1) is 0 Å². The van der Waals surface area contributed by atoms with Gasteiger partial charge in [0.1, 0.15) is 0 Å². The van der Waals surface area contributed by atoms with E-state index in [4.69, 9.17) is 10.5 Å². The average Bonchev–Trinajstić information content (AvgIpc) is 2.81. The van der Waals surface area contributed by atoms with Crippen LogP contribution in [0.4, 0.5) is 11.4 Å². The summed E-state index contributed by atoms with van der Waals surface area (Å²) in [5.41, 5.74) is 7.92. The van der Waals surface area contributed by atoms with Gasteiger partial charge >= 0.3 is 0 Å². The van der Waals surface area contributed by atoms with Crippen LogP contribution in [-0.4, -0.2) is 32.1 Å². The second kappa shape index (κ2) is 4.75. The van der Waals surface area contributed by atoms with E-state index in [1.807, 2.05) is 19.2 Å². The van der Waals surface area contributed by atoms with Gasteiger partial charge in [0.05, 0.1) is 12.6 Å². The number of anilines is 2. The van der Waals surface area contributed by atoms with Gasteiger partial charge in [-0.15, -0.1) is 0 Å². The number of carbonyl (C=O) groups excluding carboxylic acids is 1. The Bertz CT molecular complexity index is 425. The van der Waals surface area contributed by atoms with Crippen LogP contribution in [0.3, 0.4) is 0 Å². The highest BCUT2D eigenvalue weighted by atomic mass is 16.5. The van der Waals surface area contributed by atoms with E-state index in [0.29, 0.717) is 17.3 Å². The summed E-state index contributed by atoms with van der Waals surface area (Å²) in [5, 5.41) is 0. The maximum absolute atomic E-state index is 11.4. The zero-order chi connectivity index (χ0) is 12.4. The monoisotopic (exact) mass is 234 g/mol. The number of hydrogen-bond acceptors (Lipinski definition) is 4. The maximum Gasteiger partial charge on any atom is 0.161 e. The van der Waals surface area contributed by atoms with E-state index in [-0.39, 0.29) is 5.78 Å². The number of rotatable bonds is 3. The van der Waals surface area contributed by atoms with Crippen molar-refractivity contribution >= 4 is 17.2 Å². The smallest absolute Gasteiger partial charge is 0.161 e. The molecule has 1 heterocycles. The summed E-state index contributed by atoms with van der Waals surface area (Å²) in [6.07, 6.45) is 1.02. The van der Waals surface area contributed by atoms with Gasteiger partial charge in [0.15, 0.2) is 5.78 Å². The van der Waals surface area contributed by atoms with Gasteiger partial charge in [0.2, 0.25) is 0 Å². The lowest BCUT2D eigenvalue weighted by atomic mass is 10.1. The lowest BCUT2D eigenvalue weighted by Crippen LogP contribution is -2.31. The number of nitrogens with two attached hydrogens (primary N) is 1. The van der Waals surface area contributed by atoms with Crippen molar-refractivity contribution in [2.75, 3.05) is 30.9 Å². The first-order valence-corrected chi connectivity index (χ1v) is 5.80. The van der Waals surface area contributed by atoms with Crippen molar-refractivity contribution in [3.63, 3.8) is 0 Å². The fourth-order valence-electron chi connectivity index (χ4n) is 2.11. The number of nitrogen functional groups attached to an aromatic ring is 1. The molecule has 1 aromatic rings. The highest BCUT2D eigenvalue weighted by Gasteiger charge is 2.21. The molecule has 1 unspecified atom stereocenters. The van der Waals surface area contributed by atoms with Crippen LogP contribution >= 0.6 is 0 Å². The summed E-state index contributed by atoms with van der Waals surface area (Å²) in [6, 6.07) is 5.98. The Balaban J connectivity index is 2.26. The Morgan fingerprint density at radius 1 is 1.53 bits per heavy atom. The van der Waals surface area contributed by atoms with E-state index >= 15 is 0 Å². The zero-order valence-electron chi connectivity index (χ0n) is 10.3. The molecule has 0 aromatic heterocycles. The van der Waals surface area contributed by atoms with Crippen molar-refractivity contribution in [1.82, 2.24) is 0 Å². The number of ether oxygens (including phenoxy) is 1. The first kappa shape index (κ1) is 11.9. The number of carbonyl (C=O) groups is 1. The molecule has 4 heteroatoms. The van der Waals surface area contributed by atoms with Crippen LogP contribution in [0.2, 0.25) is 0 Å². The molecule has 1 fully saturated rings. The van der Waals surface area contributed by atoms with Crippen molar-refractivity contribution in [2.24, 2.45) is 0 Å². The molecule has 4 nitrogen and oxygen atoms in total. The lowest BCUT2D eigenvalue weighted by Gasteiger charge is -2.26. The molecule has 2 rings (SSSR count). The van der Waals surface area contributed by atoms with E-state index in [1.54, 1.807) is 6.07 Å². The standard InChI is InChI=1S/C13H18N2O2/c1-9(16)12-7-10(3-4-13(12)14)15(2)11-5-6-17-8-11/h3-4,7,11H,5-6,8,14H2,1-2H3. The molecule has 1 aliphatic heterocycles. The fraction of sp³-hybridized carbons (Fsp3) is 0.462. The number of benzene rings is 1. The first-order valence-electron chi connectivity index (χ1n) is 5.80. The summed E-state index contributed by atoms with van der Waals surface area (Å²) in [6.45, 7) is 3.09. The summed E-state index contributed by atoms with van der Waals surface area (Å²) in [7, 11) is 2.02. The van der Waals surface area contributed by atoms with Crippen LogP contribution < -0.4 is 10.6 Å². The molecule has 0 amide bonds. The average molecular weight is 234 g/mol. The second-order valence-electron chi connectivity index (χ2n) is 4.46. The Labute approximate surface area is 101 Å². The van der Waals surface area contributed by atoms with Crippen molar-refractivity contribution < 1.29 is 9.53 Å². The van der Waals surface area contributed by atoms with Gasteiger partial charge in [-0.3, -0.25) is 4.79 Å². The van der Waals surface area contributed by atoms with Crippen molar-refractivity contribution in [2.45, 2.75) is 19.4 Å². The fourth-order valence-corrected chi connectivity index (χ4v) is 2.11. The summed E-state index contributed by atoms with van der Waals surface area (Å²) < 4.78 is 5.37. The van der Waals surface area contributed by atoms with Crippen molar-refractivity contribution in [3.8, 4) is 0 Å². The Kier molecular flexibility index (Phi) is 3.33. The number of likely N-dealkylation sites (N-methyl/N-ethyl adjacent to an activating group) is 1. The minimum absolute atomic E-state index is 0.000391. The topological polar surface area (TPSA) is 55.6 Å². The molecule has 0 aliphatic carbocycles. The van der Waals surface area contributed by atoms with E-state index in [1.165, 1.54) is 6.92 Å². The van der Waals surface area contributed by atoms with E-state index in [0.717, 1.165) is 25.3 Å². The Hall–Kier alpha value is -1.55. The molecule has 1 aliphatic rings. The van der Waals surface area contributed by atoms with Gasteiger partial charge in [0.25, 0.3) is 0 Å². The molecule has 0 spiro atoms. The molecule has 1 saturated heterocycles. The molecule has 0 radical (unpaired) electrons. The molecule has 17 heavy (non-hydrogen) atoms. The van der Waals surface area contributed by atoms with Crippen molar-refractivity contribution in [3.05, 3.63) is 23.8 Å². The lowest BCUT2D eigenvalue weighted by molar-refractivity contribution is 0.101. The number of Topliss-reactive ketones (excluding diaryl/α,β-unsaturated/α-hetero) is 1. The number of nitrogens with zero attached hydrogens (tertiary/aromatic N) is 1. The highest BCUT2D eigenvalue weighted by Crippen LogP contribution is 2.24. The molecular weight excluding hydrogens is 216 g/mol. The third-order valence-electron chi connectivity index (χ3n) is 3.28. The maximum atomic E-state index is 11.4. The van der Waals surface area contributed by atoms with Gasteiger partial charge in [-0.2, -0.15) is 0 Å². The molecule has 1 atom stereocenters. The van der Waals surface area contributed by atoms with Gasteiger partial charge in [-0.05, 0) is 31.5 Å². The normalized spacial score (nSPS) is 19.3.